The predicted octanol–water partition coefficient (Wildman–Crippen LogP) is -6.05. The van der Waals surface area contributed by atoms with Gasteiger partial charge in [0.05, 0.1) is 6.61 Å². The number of aromatic hydroxyl groups is 1. The van der Waals surface area contributed by atoms with Gasteiger partial charge in [0, 0.05) is 14.1 Å². The molecule has 0 aliphatic carbocycles. The Morgan fingerprint density at radius 3 is 2.24 bits per heavy atom. The maximum absolute atomic E-state index is 12.1. The van der Waals surface area contributed by atoms with Crippen molar-refractivity contribution in [3.63, 3.8) is 0 Å². The van der Waals surface area contributed by atoms with Gasteiger partial charge in [0.25, 0.3) is 5.56 Å². The molecular formula is C11H16N2NaO7+. The zero-order chi connectivity index (χ0) is 15.2. The zero-order valence-corrected chi connectivity index (χ0v) is 13.9. The number of aliphatic hydroxyl groups is 3. The van der Waals surface area contributed by atoms with E-state index in [0.29, 0.717) is 0 Å². The van der Waals surface area contributed by atoms with Crippen molar-refractivity contribution >= 4 is 0 Å². The molecule has 2 rings (SSSR count). The Morgan fingerprint density at radius 2 is 1.67 bits per heavy atom. The predicted molar refractivity (Wildman–Crippen MR) is 65.3 cm³/mol. The van der Waals surface area contributed by atoms with Gasteiger partial charge in [0.1, 0.15) is 30.0 Å². The van der Waals surface area contributed by atoms with Gasteiger partial charge in [-0.25, -0.2) is 4.79 Å². The molecule has 0 radical (unpaired) electrons. The molecule has 0 unspecified atom stereocenters. The van der Waals surface area contributed by atoms with Gasteiger partial charge in [-0.15, -0.1) is 0 Å². The number of aliphatic hydroxyl groups excluding tert-OH is 3. The van der Waals surface area contributed by atoms with E-state index in [4.69, 9.17) is 4.74 Å². The summed E-state index contributed by atoms with van der Waals surface area (Å²) in [5, 5.41) is 38.8. The van der Waals surface area contributed by atoms with Crippen molar-refractivity contribution in [1.82, 2.24) is 9.13 Å². The van der Waals surface area contributed by atoms with Crippen LogP contribution >= 0.6 is 0 Å². The molecule has 4 atom stereocenters. The summed E-state index contributed by atoms with van der Waals surface area (Å²) >= 11 is 0. The first-order valence-corrected chi connectivity index (χ1v) is 5.92. The molecule has 0 bridgehead atoms. The number of aromatic nitrogens is 2. The van der Waals surface area contributed by atoms with Crippen molar-refractivity contribution in [3.05, 3.63) is 26.4 Å². The van der Waals surface area contributed by atoms with Gasteiger partial charge in [-0.1, -0.05) is 0 Å². The van der Waals surface area contributed by atoms with Crippen LogP contribution in [0.25, 0.3) is 0 Å². The third kappa shape index (κ3) is 2.95. The number of nitrogens with zero attached hydrogens (tertiary/aromatic N) is 2. The van der Waals surface area contributed by atoms with Gasteiger partial charge in [0.2, 0.25) is 5.88 Å². The van der Waals surface area contributed by atoms with Gasteiger partial charge in [0.15, 0.2) is 0 Å². The van der Waals surface area contributed by atoms with E-state index in [1.54, 1.807) is 0 Å². The fraction of sp³-hybridized carbons (Fsp3) is 0.636. The van der Waals surface area contributed by atoms with Gasteiger partial charge in [-0.2, -0.15) is 0 Å². The third-order valence-electron chi connectivity index (χ3n) is 3.45. The van der Waals surface area contributed by atoms with Crippen LogP contribution in [0.3, 0.4) is 0 Å². The minimum atomic E-state index is -1.60. The van der Waals surface area contributed by atoms with Crippen LogP contribution in [-0.2, 0) is 18.8 Å². The van der Waals surface area contributed by atoms with Crippen LogP contribution < -0.4 is 40.8 Å². The summed E-state index contributed by atoms with van der Waals surface area (Å²) in [6.45, 7) is -0.311. The normalized spacial score (nSPS) is 29.0. The molecular weight excluding hydrogens is 295 g/mol. The Kier molecular flexibility index (Phi) is 5.78. The van der Waals surface area contributed by atoms with Crippen LogP contribution in [0.5, 0.6) is 5.88 Å². The van der Waals surface area contributed by atoms with Crippen molar-refractivity contribution in [2.75, 3.05) is 6.61 Å². The van der Waals surface area contributed by atoms with Gasteiger partial charge >= 0.3 is 35.2 Å². The molecule has 9 nitrogen and oxygen atoms in total. The first kappa shape index (κ1) is 18.4. The largest absolute Gasteiger partial charge is 1.00 e. The van der Waals surface area contributed by atoms with Crippen molar-refractivity contribution in [2.45, 2.75) is 24.4 Å². The van der Waals surface area contributed by atoms with Crippen LogP contribution in [0.4, 0.5) is 0 Å². The van der Waals surface area contributed by atoms with E-state index in [2.05, 4.69) is 0 Å². The fourth-order valence-electron chi connectivity index (χ4n) is 2.17. The topological polar surface area (TPSA) is 134 Å². The Labute approximate surface area is 141 Å². The summed E-state index contributed by atoms with van der Waals surface area (Å²) in [6, 6.07) is 0. The summed E-state index contributed by atoms with van der Waals surface area (Å²) in [5.74, 6) is -0.647. The summed E-state index contributed by atoms with van der Waals surface area (Å²) in [5.41, 5.74) is -1.91. The molecule has 1 aliphatic rings. The quantitative estimate of drug-likeness (QED) is 0.379. The van der Waals surface area contributed by atoms with Crippen LogP contribution in [0.1, 0.15) is 11.7 Å². The number of hydrogen-bond acceptors (Lipinski definition) is 7. The molecule has 4 N–H and O–H groups in total. The number of rotatable bonds is 1. The molecule has 0 saturated carbocycles. The minimum Gasteiger partial charge on any atom is -0.494 e. The van der Waals surface area contributed by atoms with Crippen molar-refractivity contribution in [3.8, 4) is 5.88 Å². The van der Waals surface area contributed by atoms with Crippen LogP contribution in [0.2, 0.25) is 0 Å². The Morgan fingerprint density at radius 1 is 1.10 bits per heavy atom. The van der Waals surface area contributed by atoms with Gasteiger partial charge < -0.3 is 25.2 Å². The second-order valence-corrected chi connectivity index (χ2v) is 4.75. The van der Waals surface area contributed by atoms with Crippen LogP contribution in [0.15, 0.2) is 9.59 Å². The van der Waals surface area contributed by atoms with Gasteiger partial charge in [-0.3, -0.25) is 13.9 Å². The molecule has 1 aromatic rings. The smallest absolute Gasteiger partial charge is 0.494 e. The van der Waals surface area contributed by atoms with Crippen molar-refractivity contribution in [1.29, 1.82) is 0 Å². The summed E-state index contributed by atoms with van der Waals surface area (Å²) in [7, 11) is 2.47. The van der Waals surface area contributed by atoms with Crippen LogP contribution in [0, 0.1) is 0 Å². The molecule has 1 aromatic heterocycles. The van der Waals surface area contributed by atoms with E-state index >= 15 is 0 Å². The monoisotopic (exact) mass is 311 g/mol. The average Bonchev–Trinajstić information content (AvgIpc) is 2.43. The van der Waals surface area contributed by atoms with E-state index in [1.807, 2.05) is 0 Å². The Balaban J connectivity index is 0.00000220. The fourth-order valence-corrected chi connectivity index (χ4v) is 2.17. The van der Waals surface area contributed by atoms with Crippen molar-refractivity contribution in [2.24, 2.45) is 14.1 Å². The van der Waals surface area contributed by atoms with Crippen molar-refractivity contribution < 1.29 is 54.7 Å². The second kappa shape index (κ2) is 6.61. The molecule has 21 heavy (non-hydrogen) atoms. The number of hydrogen-bond donors (Lipinski definition) is 4. The standard InChI is InChI=1S/C11H16N2O7.Na/c1-12-9(17)5(10(18)13(2)11(12)19)8-7(16)6(15)4(14)3-20-8;/h4,6-8,14-17H,3H2,1-2H3;/q;+1/t4-,6+,7-,8+;/m1./s1. The van der Waals surface area contributed by atoms with E-state index < -0.39 is 41.5 Å². The van der Waals surface area contributed by atoms with E-state index in [0.717, 1.165) is 9.13 Å². The molecule has 0 aromatic carbocycles. The first-order valence-electron chi connectivity index (χ1n) is 5.92. The van der Waals surface area contributed by atoms with E-state index in [9.17, 15) is 30.0 Å². The third-order valence-corrected chi connectivity index (χ3v) is 3.45. The summed E-state index contributed by atoms with van der Waals surface area (Å²) in [6.07, 6.45) is -5.75. The molecule has 2 heterocycles. The molecule has 1 aliphatic heterocycles. The molecule has 10 heteroatoms. The van der Waals surface area contributed by atoms with Crippen LogP contribution in [-0.4, -0.2) is 54.5 Å². The zero-order valence-electron chi connectivity index (χ0n) is 11.9. The van der Waals surface area contributed by atoms with E-state index in [1.165, 1.54) is 14.1 Å². The Bertz CT molecular complexity index is 641. The molecule has 112 valence electrons. The van der Waals surface area contributed by atoms with Gasteiger partial charge in [-0.05, 0) is 0 Å². The Hall–Kier alpha value is -0.680. The maximum atomic E-state index is 12.1. The second-order valence-electron chi connectivity index (χ2n) is 4.75. The molecule has 0 spiro atoms. The first-order chi connectivity index (χ1) is 9.27. The minimum absolute atomic E-state index is 0. The molecule has 1 fully saturated rings. The maximum Gasteiger partial charge on any atom is 1.00 e. The number of ether oxygens (including phenoxy) is 1. The molecule has 1 saturated heterocycles. The summed E-state index contributed by atoms with van der Waals surface area (Å²) < 4.78 is 6.70. The molecule has 0 amide bonds. The average molecular weight is 311 g/mol. The SMILES string of the molecule is Cn1c(O)c([C@@H]2OC[C@@H](O)[C@H](O)[C@H]2O)c(=O)n(C)c1=O.[Na+]. The summed E-state index contributed by atoms with van der Waals surface area (Å²) in [4.78, 5) is 23.7. The van der Waals surface area contributed by atoms with E-state index in [-0.39, 0.29) is 41.7 Å².